The number of amides is 1. The molecule has 1 unspecified atom stereocenters. The number of carbonyl (C=O) groups is 1. The monoisotopic (exact) mass is 249 g/mol. The molecule has 0 saturated carbocycles. The Kier molecular flexibility index (Phi) is 2.86. The fourth-order valence-corrected chi connectivity index (χ4v) is 2.18. The van der Waals surface area contributed by atoms with Crippen LogP contribution in [0.25, 0.3) is 0 Å². The molecule has 18 heavy (non-hydrogen) atoms. The number of hydrogen-bond acceptors (Lipinski definition) is 3. The summed E-state index contributed by atoms with van der Waals surface area (Å²) in [6.45, 7) is 7.04. The third-order valence-corrected chi connectivity index (χ3v) is 2.82. The van der Waals surface area contributed by atoms with E-state index in [-0.39, 0.29) is 0 Å². The minimum absolute atomic E-state index is 0.419. The van der Waals surface area contributed by atoms with Crippen molar-refractivity contribution in [1.82, 2.24) is 0 Å². The van der Waals surface area contributed by atoms with Crippen molar-refractivity contribution >= 4 is 11.8 Å². The predicted molar refractivity (Wildman–Crippen MR) is 69.5 cm³/mol. The van der Waals surface area contributed by atoms with Crippen molar-refractivity contribution in [2.75, 3.05) is 4.90 Å². The lowest BCUT2D eigenvalue weighted by molar-refractivity contribution is 0.0256. The highest BCUT2D eigenvalue weighted by molar-refractivity contribution is 5.92. The molecule has 4 nitrogen and oxygen atoms in total. The average Bonchev–Trinajstić information content (AvgIpc) is 2.44. The Morgan fingerprint density at radius 1 is 1.39 bits per heavy atom. The van der Waals surface area contributed by atoms with Gasteiger partial charge in [-0.1, -0.05) is 18.2 Å². The van der Waals surface area contributed by atoms with Crippen LogP contribution in [0.4, 0.5) is 10.5 Å². The van der Waals surface area contributed by atoms with Gasteiger partial charge in [-0.05, 0) is 39.3 Å². The minimum Gasteiger partial charge on any atom is -0.443 e. The largest absolute Gasteiger partial charge is 0.443 e. The van der Waals surface area contributed by atoms with Crippen molar-refractivity contribution in [3.8, 4) is 0 Å². The van der Waals surface area contributed by atoms with Crippen LogP contribution >= 0.6 is 0 Å². The van der Waals surface area contributed by atoms with Crippen molar-refractivity contribution < 1.29 is 14.6 Å². The second-order valence-corrected chi connectivity index (χ2v) is 5.84. The SMILES string of the molecule is CC(C)(C)OC(=O)N1c2ccccc2CC1(C)O. The van der Waals surface area contributed by atoms with Crippen LogP contribution in [0.5, 0.6) is 0 Å². The average molecular weight is 249 g/mol. The summed E-state index contributed by atoms with van der Waals surface area (Å²) in [5.41, 5.74) is -0.137. The lowest BCUT2D eigenvalue weighted by atomic mass is 10.1. The summed E-state index contributed by atoms with van der Waals surface area (Å²) in [6.07, 6.45) is -0.0972. The first-order chi connectivity index (χ1) is 8.21. The van der Waals surface area contributed by atoms with Gasteiger partial charge < -0.3 is 9.84 Å². The van der Waals surface area contributed by atoms with Gasteiger partial charge in [0.05, 0.1) is 5.69 Å². The smallest absolute Gasteiger partial charge is 0.417 e. The van der Waals surface area contributed by atoms with Gasteiger partial charge in [0.15, 0.2) is 0 Å². The summed E-state index contributed by atoms with van der Waals surface area (Å²) in [5.74, 6) is 0. The van der Waals surface area contributed by atoms with E-state index in [1.54, 1.807) is 6.92 Å². The summed E-state index contributed by atoms with van der Waals surface area (Å²) in [6, 6.07) is 7.47. The van der Waals surface area contributed by atoms with Gasteiger partial charge in [-0.3, -0.25) is 0 Å². The molecule has 0 spiro atoms. The number of benzene rings is 1. The third kappa shape index (κ3) is 2.34. The van der Waals surface area contributed by atoms with Crippen LogP contribution in [0.2, 0.25) is 0 Å². The molecule has 1 aliphatic heterocycles. The fraction of sp³-hybridized carbons (Fsp3) is 0.500. The highest BCUT2D eigenvalue weighted by Crippen LogP contribution is 2.38. The minimum atomic E-state index is -1.23. The van der Waals surface area contributed by atoms with Gasteiger partial charge in [0, 0.05) is 6.42 Å². The summed E-state index contributed by atoms with van der Waals surface area (Å²) in [4.78, 5) is 13.5. The molecular weight excluding hydrogens is 230 g/mol. The highest BCUT2D eigenvalue weighted by Gasteiger charge is 2.43. The Labute approximate surface area is 107 Å². The molecule has 0 fully saturated rings. The number of aliphatic hydroxyl groups is 1. The van der Waals surface area contributed by atoms with Gasteiger partial charge in [-0.25, -0.2) is 9.69 Å². The standard InChI is InChI=1S/C14H19NO3/c1-13(2,3)18-12(16)15-11-8-6-5-7-10(11)9-14(15,4)17/h5-8,17H,9H2,1-4H3. The van der Waals surface area contributed by atoms with E-state index in [0.717, 1.165) is 11.3 Å². The molecule has 1 aliphatic rings. The van der Waals surface area contributed by atoms with Crippen LogP contribution in [-0.2, 0) is 11.2 Å². The number of ether oxygens (including phenoxy) is 1. The van der Waals surface area contributed by atoms with E-state index < -0.39 is 17.4 Å². The zero-order valence-corrected chi connectivity index (χ0v) is 11.2. The fourth-order valence-electron chi connectivity index (χ4n) is 2.18. The van der Waals surface area contributed by atoms with E-state index in [1.165, 1.54) is 4.90 Å². The van der Waals surface area contributed by atoms with Crippen LogP contribution in [0.1, 0.15) is 33.3 Å². The Bertz CT molecular complexity index is 474. The summed E-state index contributed by atoms with van der Waals surface area (Å²) >= 11 is 0. The van der Waals surface area contributed by atoms with E-state index in [1.807, 2.05) is 45.0 Å². The maximum absolute atomic E-state index is 12.2. The molecule has 0 aromatic heterocycles. The van der Waals surface area contributed by atoms with Crippen molar-refractivity contribution in [2.45, 2.75) is 45.4 Å². The van der Waals surface area contributed by atoms with Gasteiger partial charge in [0.1, 0.15) is 11.3 Å². The van der Waals surface area contributed by atoms with Crippen LogP contribution in [-0.4, -0.2) is 22.5 Å². The topological polar surface area (TPSA) is 49.8 Å². The van der Waals surface area contributed by atoms with E-state index in [9.17, 15) is 9.90 Å². The first kappa shape index (κ1) is 12.9. The molecule has 1 amide bonds. The maximum atomic E-state index is 12.2. The second kappa shape index (κ2) is 3.99. The van der Waals surface area contributed by atoms with Gasteiger partial charge in [-0.15, -0.1) is 0 Å². The highest BCUT2D eigenvalue weighted by atomic mass is 16.6. The van der Waals surface area contributed by atoms with Crippen LogP contribution in [0.3, 0.4) is 0 Å². The summed E-state index contributed by atoms with van der Waals surface area (Å²) in [7, 11) is 0. The molecule has 1 aromatic rings. The van der Waals surface area contributed by atoms with E-state index in [4.69, 9.17) is 4.74 Å². The van der Waals surface area contributed by atoms with E-state index in [0.29, 0.717) is 6.42 Å². The number of carbonyl (C=O) groups excluding carboxylic acids is 1. The summed E-state index contributed by atoms with van der Waals surface area (Å²) in [5, 5.41) is 10.4. The number of fused-ring (bicyclic) bond motifs is 1. The lowest BCUT2D eigenvalue weighted by Gasteiger charge is -2.32. The lowest BCUT2D eigenvalue weighted by Crippen LogP contribution is -2.49. The number of hydrogen-bond donors (Lipinski definition) is 1. The van der Waals surface area contributed by atoms with E-state index >= 15 is 0 Å². The zero-order chi connectivity index (χ0) is 13.6. The molecule has 0 bridgehead atoms. The van der Waals surface area contributed by atoms with Crippen LogP contribution in [0.15, 0.2) is 24.3 Å². The Hall–Kier alpha value is -1.55. The maximum Gasteiger partial charge on any atom is 0.417 e. The third-order valence-electron chi connectivity index (χ3n) is 2.82. The Balaban J connectivity index is 2.34. The first-order valence-corrected chi connectivity index (χ1v) is 6.04. The van der Waals surface area contributed by atoms with Crippen LogP contribution in [0, 0.1) is 0 Å². The molecule has 1 heterocycles. The van der Waals surface area contributed by atoms with Gasteiger partial charge in [0.25, 0.3) is 0 Å². The number of para-hydroxylation sites is 1. The molecular formula is C14H19NO3. The second-order valence-electron chi connectivity index (χ2n) is 5.84. The van der Waals surface area contributed by atoms with Crippen molar-refractivity contribution in [3.05, 3.63) is 29.8 Å². The summed E-state index contributed by atoms with van der Waals surface area (Å²) < 4.78 is 5.34. The number of anilines is 1. The molecule has 0 aliphatic carbocycles. The van der Waals surface area contributed by atoms with Crippen molar-refractivity contribution in [2.24, 2.45) is 0 Å². The quantitative estimate of drug-likeness (QED) is 0.769. The molecule has 1 atom stereocenters. The van der Waals surface area contributed by atoms with Gasteiger partial charge >= 0.3 is 6.09 Å². The molecule has 1 N–H and O–H groups in total. The van der Waals surface area contributed by atoms with E-state index in [2.05, 4.69) is 0 Å². The zero-order valence-electron chi connectivity index (χ0n) is 11.2. The first-order valence-electron chi connectivity index (χ1n) is 6.04. The number of nitrogens with zero attached hydrogens (tertiary/aromatic N) is 1. The van der Waals surface area contributed by atoms with Crippen molar-refractivity contribution in [3.63, 3.8) is 0 Å². The molecule has 2 rings (SSSR count). The normalized spacial score (nSPS) is 22.8. The van der Waals surface area contributed by atoms with Gasteiger partial charge in [0.2, 0.25) is 0 Å². The van der Waals surface area contributed by atoms with Crippen molar-refractivity contribution in [1.29, 1.82) is 0 Å². The predicted octanol–water partition coefficient (Wildman–Crippen LogP) is 2.69. The molecule has 0 radical (unpaired) electrons. The molecule has 1 aromatic carbocycles. The van der Waals surface area contributed by atoms with Gasteiger partial charge in [-0.2, -0.15) is 0 Å². The Morgan fingerprint density at radius 2 is 2.00 bits per heavy atom. The molecule has 0 saturated heterocycles. The Morgan fingerprint density at radius 3 is 2.61 bits per heavy atom. The van der Waals surface area contributed by atoms with Crippen LogP contribution < -0.4 is 4.90 Å². The molecule has 98 valence electrons. The molecule has 4 heteroatoms. The number of rotatable bonds is 0.